The van der Waals surface area contributed by atoms with Gasteiger partial charge in [0.25, 0.3) is 5.91 Å². The van der Waals surface area contributed by atoms with Crippen molar-refractivity contribution in [3.8, 4) is 11.8 Å². The quantitative estimate of drug-likeness (QED) is 0.613. The van der Waals surface area contributed by atoms with Crippen molar-refractivity contribution in [2.45, 2.75) is 6.92 Å². The molecule has 0 fully saturated rings. The summed E-state index contributed by atoms with van der Waals surface area (Å²) in [4.78, 5) is 13.1. The van der Waals surface area contributed by atoms with E-state index in [0.717, 1.165) is 5.56 Å². The van der Waals surface area contributed by atoms with Crippen molar-refractivity contribution in [3.05, 3.63) is 35.4 Å². The highest BCUT2D eigenvalue weighted by atomic mass is 16.2. The molecule has 2 nitrogen and oxygen atoms in total. The van der Waals surface area contributed by atoms with E-state index >= 15 is 0 Å². The molecule has 0 aliphatic heterocycles. The van der Waals surface area contributed by atoms with Gasteiger partial charge >= 0.3 is 0 Å². The zero-order chi connectivity index (χ0) is 10.6. The van der Waals surface area contributed by atoms with Crippen molar-refractivity contribution in [2.75, 3.05) is 14.1 Å². The van der Waals surface area contributed by atoms with Crippen LogP contribution in [0.2, 0.25) is 0 Å². The van der Waals surface area contributed by atoms with Gasteiger partial charge in [-0.25, -0.2) is 0 Å². The Balaban J connectivity index is 2.92. The summed E-state index contributed by atoms with van der Waals surface area (Å²) >= 11 is 0. The third kappa shape index (κ3) is 2.37. The molecular weight excluding hydrogens is 174 g/mol. The maximum absolute atomic E-state index is 11.5. The van der Waals surface area contributed by atoms with E-state index in [1.54, 1.807) is 38.1 Å². The van der Waals surface area contributed by atoms with Gasteiger partial charge < -0.3 is 4.90 Å². The first-order chi connectivity index (χ1) is 6.65. The van der Waals surface area contributed by atoms with Crippen molar-refractivity contribution in [3.63, 3.8) is 0 Å². The fourth-order valence-electron chi connectivity index (χ4n) is 1.10. The largest absolute Gasteiger partial charge is 0.345 e. The molecule has 2 heteroatoms. The van der Waals surface area contributed by atoms with Crippen LogP contribution in [0.4, 0.5) is 0 Å². The van der Waals surface area contributed by atoms with E-state index in [1.165, 1.54) is 0 Å². The monoisotopic (exact) mass is 187 g/mol. The van der Waals surface area contributed by atoms with E-state index in [9.17, 15) is 4.79 Å². The SMILES string of the molecule is CC#Cc1ccc(C(=O)N(C)C)cc1. The van der Waals surface area contributed by atoms with Gasteiger partial charge in [-0.05, 0) is 31.2 Å². The average molecular weight is 187 g/mol. The Bertz CT molecular complexity index is 379. The van der Waals surface area contributed by atoms with Crippen LogP contribution >= 0.6 is 0 Å². The third-order valence-corrected chi connectivity index (χ3v) is 1.81. The lowest BCUT2D eigenvalue weighted by Crippen LogP contribution is -2.21. The molecule has 0 N–H and O–H groups in total. The van der Waals surface area contributed by atoms with E-state index in [1.807, 2.05) is 12.1 Å². The lowest BCUT2D eigenvalue weighted by molar-refractivity contribution is 0.0827. The second-order valence-corrected chi connectivity index (χ2v) is 3.15. The highest BCUT2D eigenvalue weighted by molar-refractivity contribution is 5.93. The Morgan fingerprint density at radius 1 is 1.21 bits per heavy atom. The van der Waals surface area contributed by atoms with Gasteiger partial charge in [-0.1, -0.05) is 5.92 Å². The minimum Gasteiger partial charge on any atom is -0.345 e. The fourth-order valence-corrected chi connectivity index (χ4v) is 1.10. The molecule has 0 aromatic heterocycles. The predicted molar refractivity (Wildman–Crippen MR) is 57.0 cm³/mol. The van der Waals surface area contributed by atoms with E-state index < -0.39 is 0 Å². The molecule has 0 heterocycles. The van der Waals surface area contributed by atoms with Gasteiger partial charge in [-0.2, -0.15) is 0 Å². The molecule has 0 aliphatic carbocycles. The zero-order valence-electron chi connectivity index (χ0n) is 8.66. The van der Waals surface area contributed by atoms with E-state index in [0.29, 0.717) is 5.56 Å². The summed E-state index contributed by atoms with van der Waals surface area (Å²) in [7, 11) is 3.48. The lowest BCUT2D eigenvalue weighted by atomic mass is 10.1. The normalized spacial score (nSPS) is 8.79. The van der Waals surface area contributed by atoms with Crippen LogP contribution in [0.5, 0.6) is 0 Å². The summed E-state index contributed by atoms with van der Waals surface area (Å²) < 4.78 is 0. The van der Waals surface area contributed by atoms with Crippen LogP contribution in [0, 0.1) is 11.8 Å². The van der Waals surface area contributed by atoms with E-state index in [-0.39, 0.29) is 5.91 Å². The summed E-state index contributed by atoms with van der Waals surface area (Å²) in [6, 6.07) is 7.30. The zero-order valence-corrected chi connectivity index (χ0v) is 8.66. The molecule has 0 saturated heterocycles. The highest BCUT2D eigenvalue weighted by Gasteiger charge is 2.06. The molecule has 0 aliphatic rings. The fraction of sp³-hybridized carbons (Fsp3) is 0.250. The van der Waals surface area contributed by atoms with Crippen molar-refractivity contribution in [1.82, 2.24) is 4.90 Å². The highest BCUT2D eigenvalue weighted by Crippen LogP contribution is 2.05. The summed E-state index contributed by atoms with van der Waals surface area (Å²) in [6.07, 6.45) is 0. The molecule has 0 bridgehead atoms. The molecule has 1 rings (SSSR count). The number of benzene rings is 1. The van der Waals surface area contributed by atoms with Crippen LogP contribution in [0.15, 0.2) is 24.3 Å². The molecule has 1 aromatic rings. The number of rotatable bonds is 1. The van der Waals surface area contributed by atoms with Crippen molar-refractivity contribution < 1.29 is 4.79 Å². The maximum atomic E-state index is 11.5. The third-order valence-electron chi connectivity index (χ3n) is 1.81. The first-order valence-electron chi connectivity index (χ1n) is 4.39. The van der Waals surface area contributed by atoms with Crippen molar-refractivity contribution in [1.29, 1.82) is 0 Å². The van der Waals surface area contributed by atoms with E-state index in [2.05, 4.69) is 11.8 Å². The standard InChI is InChI=1S/C12H13NO/c1-4-5-10-6-8-11(9-7-10)12(14)13(2)3/h6-9H,1-3H3. The summed E-state index contributed by atoms with van der Waals surface area (Å²) in [6.45, 7) is 1.79. The Kier molecular flexibility index (Phi) is 3.30. The van der Waals surface area contributed by atoms with E-state index in [4.69, 9.17) is 0 Å². The molecular formula is C12H13NO. The van der Waals surface area contributed by atoms with Crippen LogP contribution in [-0.4, -0.2) is 24.9 Å². The molecule has 72 valence electrons. The van der Waals surface area contributed by atoms with Gasteiger partial charge in [0, 0.05) is 25.2 Å². The summed E-state index contributed by atoms with van der Waals surface area (Å²) in [5.41, 5.74) is 1.62. The number of carbonyl (C=O) groups is 1. The average Bonchev–Trinajstić information content (AvgIpc) is 2.18. The van der Waals surface area contributed by atoms with Crippen molar-refractivity contribution >= 4 is 5.91 Å². The molecule has 14 heavy (non-hydrogen) atoms. The molecule has 0 unspecified atom stereocenters. The second-order valence-electron chi connectivity index (χ2n) is 3.15. The lowest BCUT2D eigenvalue weighted by Gasteiger charge is -2.09. The van der Waals surface area contributed by atoms with Gasteiger partial charge in [0.05, 0.1) is 0 Å². The number of amides is 1. The number of hydrogen-bond donors (Lipinski definition) is 0. The summed E-state index contributed by atoms with van der Waals surface area (Å²) in [5.74, 6) is 5.75. The van der Waals surface area contributed by atoms with Crippen LogP contribution in [0.25, 0.3) is 0 Å². The minimum absolute atomic E-state index is 0.0148. The Morgan fingerprint density at radius 3 is 2.21 bits per heavy atom. The van der Waals surface area contributed by atoms with Gasteiger partial charge in [0.2, 0.25) is 0 Å². The smallest absolute Gasteiger partial charge is 0.253 e. The van der Waals surface area contributed by atoms with Crippen LogP contribution in [0.1, 0.15) is 22.8 Å². The molecule has 0 spiro atoms. The number of carbonyl (C=O) groups excluding carboxylic acids is 1. The predicted octanol–water partition coefficient (Wildman–Crippen LogP) is 1.76. The van der Waals surface area contributed by atoms with Gasteiger partial charge in [-0.15, -0.1) is 5.92 Å². The molecule has 0 saturated carbocycles. The molecule has 1 aromatic carbocycles. The van der Waals surface area contributed by atoms with Crippen LogP contribution in [-0.2, 0) is 0 Å². The molecule has 0 radical (unpaired) electrons. The number of hydrogen-bond acceptors (Lipinski definition) is 1. The Morgan fingerprint density at radius 2 is 1.79 bits per heavy atom. The molecule has 1 amide bonds. The summed E-state index contributed by atoms with van der Waals surface area (Å²) in [5, 5.41) is 0. The number of nitrogens with zero attached hydrogens (tertiary/aromatic N) is 1. The van der Waals surface area contributed by atoms with Gasteiger partial charge in [0.1, 0.15) is 0 Å². The van der Waals surface area contributed by atoms with Gasteiger partial charge in [0.15, 0.2) is 0 Å². The second kappa shape index (κ2) is 4.48. The Hall–Kier alpha value is -1.75. The Labute approximate surface area is 84.5 Å². The molecule has 0 atom stereocenters. The minimum atomic E-state index is 0.0148. The van der Waals surface area contributed by atoms with Gasteiger partial charge in [-0.3, -0.25) is 4.79 Å². The van der Waals surface area contributed by atoms with Crippen LogP contribution in [0.3, 0.4) is 0 Å². The first kappa shape index (κ1) is 10.3. The first-order valence-corrected chi connectivity index (χ1v) is 4.39. The van der Waals surface area contributed by atoms with Crippen LogP contribution < -0.4 is 0 Å². The van der Waals surface area contributed by atoms with Crippen molar-refractivity contribution in [2.24, 2.45) is 0 Å². The topological polar surface area (TPSA) is 20.3 Å². The maximum Gasteiger partial charge on any atom is 0.253 e.